The summed E-state index contributed by atoms with van der Waals surface area (Å²) >= 11 is 6.17. The van der Waals surface area contributed by atoms with Gasteiger partial charge in [-0.15, -0.1) is 0 Å². The molecule has 1 saturated heterocycles. The van der Waals surface area contributed by atoms with E-state index < -0.39 is 0 Å². The van der Waals surface area contributed by atoms with Crippen LogP contribution >= 0.6 is 11.6 Å². The zero-order valence-electron chi connectivity index (χ0n) is 13.4. The molecule has 4 rings (SSSR count). The zero-order valence-corrected chi connectivity index (χ0v) is 14.2. The van der Waals surface area contributed by atoms with Gasteiger partial charge in [0.15, 0.2) is 0 Å². The van der Waals surface area contributed by atoms with Crippen LogP contribution in [0.5, 0.6) is 0 Å². The van der Waals surface area contributed by atoms with Crippen molar-refractivity contribution in [3.8, 4) is 0 Å². The molecule has 0 bridgehead atoms. The summed E-state index contributed by atoms with van der Waals surface area (Å²) in [6, 6.07) is 15.6. The maximum absolute atomic E-state index is 12.7. The molecule has 3 aromatic rings. The molecule has 2 aromatic carbocycles. The van der Waals surface area contributed by atoms with Crippen LogP contribution in [0.2, 0.25) is 5.02 Å². The number of fused-ring (bicyclic) bond motifs is 1. The number of benzene rings is 2. The number of likely N-dealkylation sites (tertiary alicyclic amines) is 1. The van der Waals surface area contributed by atoms with E-state index in [1.807, 2.05) is 42.2 Å². The van der Waals surface area contributed by atoms with Crippen molar-refractivity contribution in [2.75, 3.05) is 13.1 Å². The van der Waals surface area contributed by atoms with Crippen LogP contribution in [0, 0.1) is 6.92 Å². The van der Waals surface area contributed by atoms with Crippen LogP contribution in [0.4, 0.5) is 0 Å². The molecule has 0 N–H and O–H groups in total. The molecule has 0 saturated carbocycles. The first-order valence-corrected chi connectivity index (χ1v) is 8.50. The van der Waals surface area contributed by atoms with Gasteiger partial charge in [-0.2, -0.15) is 0 Å². The second kappa shape index (κ2) is 5.95. The van der Waals surface area contributed by atoms with E-state index >= 15 is 0 Å². The lowest BCUT2D eigenvalue weighted by molar-refractivity contribution is 0.0788. The Morgan fingerprint density at radius 3 is 2.75 bits per heavy atom. The number of nitrogens with zero attached hydrogens (tertiary/aromatic N) is 3. The smallest absolute Gasteiger partial charge is 0.255 e. The Labute approximate surface area is 145 Å². The van der Waals surface area contributed by atoms with Crippen LogP contribution < -0.4 is 0 Å². The molecule has 122 valence electrons. The fourth-order valence-electron chi connectivity index (χ4n) is 3.57. The predicted octanol–water partition coefficient (Wildman–Crippen LogP) is 4.09. The maximum Gasteiger partial charge on any atom is 0.255 e. The number of halogens is 1. The van der Waals surface area contributed by atoms with Gasteiger partial charge in [0.1, 0.15) is 5.82 Å². The van der Waals surface area contributed by atoms with E-state index in [1.54, 1.807) is 12.1 Å². The molecule has 1 aliphatic heterocycles. The number of para-hydroxylation sites is 2. The molecule has 1 aliphatic rings. The lowest BCUT2D eigenvalue weighted by Crippen LogP contribution is -2.29. The average Bonchev–Trinajstić information content (AvgIpc) is 3.18. The van der Waals surface area contributed by atoms with E-state index in [0.717, 1.165) is 29.8 Å². The summed E-state index contributed by atoms with van der Waals surface area (Å²) in [4.78, 5) is 19.3. The highest BCUT2D eigenvalue weighted by atomic mass is 35.5. The highest BCUT2D eigenvalue weighted by Crippen LogP contribution is 2.29. The third kappa shape index (κ3) is 2.47. The van der Waals surface area contributed by atoms with E-state index in [0.29, 0.717) is 17.1 Å². The van der Waals surface area contributed by atoms with Gasteiger partial charge in [-0.05, 0) is 37.6 Å². The van der Waals surface area contributed by atoms with E-state index in [4.69, 9.17) is 11.6 Å². The molecule has 5 heteroatoms. The molecular weight excluding hydrogens is 322 g/mol. The van der Waals surface area contributed by atoms with Crippen LogP contribution in [-0.4, -0.2) is 33.4 Å². The van der Waals surface area contributed by atoms with Crippen LogP contribution in [0.25, 0.3) is 11.0 Å². The van der Waals surface area contributed by atoms with Crippen molar-refractivity contribution in [3.63, 3.8) is 0 Å². The number of hydrogen-bond donors (Lipinski definition) is 0. The number of imidazole rings is 1. The zero-order chi connectivity index (χ0) is 16.7. The Balaban J connectivity index is 1.61. The first-order valence-electron chi connectivity index (χ1n) is 8.12. The predicted molar refractivity (Wildman–Crippen MR) is 95.5 cm³/mol. The Bertz CT molecular complexity index is 918. The SMILES string of the molecule is Cc1nc2ccccc2n1[C@H]1CCN(C(=O)c2ccccc2Cl)C1. The van der Waals surface area contributed by atoms with Gasteiger partial charge < -0.3 is 9.47 Å². The molecule has 2 heterocycles. The average molecular weight is 340 g/mol. The van der Waals surface area contributed by atoms with Crippen molar-refractivity contribution in [1.29, 1.82) is 0 Å². The number of rotatable bonds is 2. The van der Waals surface area contributed by atoms with Crippen molar-refractivity contribution >= 4 is 28.5 Å². The van der Waals surface area contributed by atoms with Gasteiger partial charge in [0.05, 0.1) is 27.7 Å². The third-order valence-electron chi connectivity index (χ3n) is 4.69. The highest BCUT2D eigenvalue weighted by molar-refractivity contribution is 6.33. The molecule has 1 fully saturated rings. The monoisotopic (exact) mass is 339 g/mol. The van der Waals surface area contributed by atoms with Gasteiger partial charge in [0.25, 0.3) is 5.91 Å². The van der Waals surface area contributed by atoms with Crippen LogP contribution in [0.15, 0.2) is 48.5 Å². The largest absolute Gasteiger partial charge is 0.336 e. The first-order chi connectivity index (χ1) is 11.6. The Hall–Kier alpha value is -2.33. The molecule has 24 heavy (non-hydrogen) atoms. The summed E-state index contributed by atoms with van der Waals surface area (Å²) in [5.41, 5.74) is 2.71. The summed E-state index contributed by atoms with van der Waals surface area (Å²) in [6.45, 7) is 3.45. The molecular formula is C19H18ClN3O. The van der Waals surface area contributed by atoms with Gasteiger partial charge in [0, 0.05) is 13.1 Å². The second-order valence-electron chi connectivity index (χ2n) is 6.19. The normalized spacial score (nSPS) is 17.6. The van der Waals surface area contributed by atoms with Gasteiger partial charge in [-0.25, -0.2) is 4.98 Å². The van der Waals surface area contributed by atoms with E-state index in [2.05, 4.69) is 15.6 Å². The van der Waals surface area contributed by atoms with Gasteiger partial charge in [-0.1, -0.05) is 35.9 Å². The summed E-state index contributed by atoms with van der Waals surface area (Å²) < 4.78 is 2.26. The number of carbonyl (C=O) groups excluding carboxylic acids is 1. The Kier molecular flexibility index (Phi) is 3.77. The minimum atomic E-state index is 0.00479. The standard InChI is InChI=1S/C19H18ClN3O/c1-13-21-17-8-4-5-9-18(17)23(13)14-10-11-22(12-14)19(24)15-6-2-3-7-16(15)20/h2-9,14H,10-12H2,1H3/t14-/m0/s1. The Morgan fingerprint density at radius 1 is 1.17 bits per heavy atom. The molecule has 1 amide bonds. The summed E-state index contributed by atoms with van der Waals surface area (Å²) in [5.74, 6) is 0.999. The van der Waals surface area contributed by atoms with Crippen LogP contribution in [-0.2, 0) is 0 Å². The minimum absolute atomic E-state index is 0.00479. The van der Waals surface area contributed by atoms with Crippen molar-refractivity contribution in [2.24, 2.45) is 0 Å². The highest BCUT2D eigenvalue weighted by Gasteiger charge is 2.30. The molecule has 4 nitrogen and oxygen atoms in total. The number of aromatic nitrogens is 2. The molecule has 0 aliphatic carbocycles. The maximum atomic E-state index is 12.7. The molecule has 0 radical (unpaired) electrons. The quantitative estimate of drug-likeness (QED) is 0.705. The third-order valence-corrected chi connectivity index (χ3v) is 5.02. The second-order valence-corrected chi connectivity index (χ2v) is 6.60. The van der Waals surface area contributed by atoms with Crippen molar-refractivity contribution in [1.82, 2.24) is 14.5 Å². The van der Waals surface area contributed by atoms with Gasteiger partial charge >= 0.3 is 0 Å². The van der Waals surface area contributed by atoms with Crippen molar-refractivity contribution in [3.05, 3.63) is 64.9 Å². The number of aryl methyl sites for hydroxylation is 1. The number of amides is 1. The lowest BCUT2D eigenvalue weighted by Gasteiger charge is -2.19. The van der Waals surface area contributed by atoms with Crippen LogP contribution in [0.3, 0.4) is 0 Å². The fraction of sp³-hybridized carbons (Fsp3) is 0.263. The van der Waals surface area contributed by atoms with Crippen molar-refractivity contribution in [2.45, 2.75) is 19.4 Å². The summed E-state index contributed by atoms with van der Waals surface area (Å²) in [5, 5.41) is 0.509. The van der Waals surface area contributed by atoms with E-state index in [9.17, 15) is 4.79 Å². The number of hydrogen-bond acceptors (Lipinski definition) is 2. The molecule has 0 unspecified atom stereocenters. The van der Waals surface area contributed by atoms with E-state index in [1.165, 1.54) is 0 Å². The summed E-state index contributed by atoms with van der Waals surface area (Å²) in [7, 11) is 0. The summed E-state index contributed by atoms with van der Waals surface area (Å²) in [6.07, 6.45) is 0.928. The molecule has 1 aromatic heterocycles. The molecule has 1 atom stereocenters. The van der Waals surface area contributed by atoms with Gasteiger partial charge in [-0.3, -0.25) is 4.79 Å². The lowest BCUT2D eigenvalue weighted by atomic mass is 10.2. The molecule has 0 spiro atoms. The topological polar surface area (TPSA) is 38.1 Å². The number of carbonyl (C=O) groups is 1. The fourth-order valence-corrected chi connectivity index (χ4v) is 3.78. The van der Waals surface area contributed by atoms with Crippen molar-refractivity contribution < 1.29 is 4.79 Å². The first kappa shape index (κ1) is 15.2. The minimum Gasteiger partial charge on any atom is -0.336 e. The van der Waals surface area contributed by atoms with Crippen LogP contribution in [0.1, 0.15) is 28.6 Å². The van der Waals surface area contributed by atoms with Gasteiger partial charge in [0.2, 0.25) is 0 Å². The Morgan fingerprint density at radius 2 is 1.92 bits per heavy atom. The van der Waals surface area contributed by atoms with E-state index in [-0.39, 0.29) is 11.9 Å².